The van der Waals surface area contributed by atoms with Crippen molar-refractivity contribution in [1.82, 2.24) is 4.98 Å². The first kappa shape index (κ1) is 24.5. The molecule has 0 aliphatic heterocycles. The zero-order chi connectivity index (χ0) is 24.2. The van der Waals surface area contributed by atoms with E-state index in [1.54, 1.807) is 32.0 Å². The highest BCUT2D eigenvalue weighted by molar-refractivity contribution is 7.43. The first-order valence-electron chi connectivity index (χ1n) is 10.3. The van der Waals surface area contributed by atoms with E-state index in [0.29, 0.717) is 11.1 Å². The van der Waals surface area contributed by atoms with Gasteiger partial charge in [-0.15, -0.1) is 4.52 Å². The summed E-state index contributed by atoms with van der Waals surface area (Å²) >= 11 is 0. The maximum Gasteiger partial charge on any atom is 0.543 e. The highest BCUT2D eigenvalue weighted by Gasteiger charge is 2.72. The summed E-state index contributed by atoms with van der Waals surface area (Å²) in [4.78, 5) is 17.3. The van der Waals surface area contributed by atoms with Crippen molar-refractivity contribution < 1.29 is 28.5 Å². The fourth-order valence-electron chi connectivity index (χ4n) is 3.77. The molecule has 0 spiro atoms. The Hall–Kier alpha value is -3.17. The van der Waals surface area contributed by atoms with Gasteiger partial charge in [0.2, 0.25) is 0 Å². The number of fused-ring (bicyclic) bond motifs is 1. The second-order valence-corrected chi connectivity index (χ2v) is 9.61. The summed E-state index contributed by atoms with van der Waals surface area (Å²) in [5.41, 5.74) is -1.42. The van der Waals surface area contributed by atoms with Crippen LogP contribution in [0, 0.1) is 23.6 Å². The second kappa shape index (κ2) is 9.76. The van der Waals surface area contributed by atoms with Crippen LogP contribution in [0.4, 0.5) is 4.39 Å². The van der Waals surface area contributed by atoms with Crippen molar-refractivity contribution in [3.8, 4) is 11.8 Å². The van der Waals surface area contributed by atoms with Gasteiger partial charge in [0.25, 0.3) is 0 Å². The van der Waals surface area contributed by atoms with Gasteiger partial charge in [-0.3, -0.25) is 0 Å². The molecule has 0 saturated heterocycles. The van der Waals surface area contributed by atoms with E-state index in [2.05, 4.69) is 16.8 Å². The molecule has 0 fully saturated rings. The van der Waals surface area contributed by atoms with Gasteiger partial charge in [0.1, 0.15) is 5.82 Å². The van der Waals surface area contributed by atoms with Crippen LogP contribution in [0.3, 0.4) is 0 Å². The zero-order valence-electron chi connectivity index (χ0n) is 18.4. The highest BCUT2D eigenvalue weighted by atomic mass is 31.1. The molecule has 3 rings (SSSR count). The molecule has 0 amide bonds. The van der Waals surface area contributed by atoms with E-state index in [4.69, 9.17) is 4.52 Å². The Morgan fingerprint density at radius 3 is 2.42 bits per heavy atom. The number of nitrogens with zero attached hydrogens (tertiary/aromatic N) is 1. The number of hydrogen-bond acceptors (Lipinski definition) is 5. The fourth-order valence-corrected chi connectivity index (χ4v) is 4.85. The number of aliphatic hydroxyl groups is 1. The average Bonchev–Trinajstić information content (AvgIpc) is 2.79. The standard InChI is InChI=1S/C25H23FNO5P/c1-17(2)16-24(30,22-13-10-19-6-4-5-7-21(19)27-22)25(23(28)29,33(31)32-3)15-14-18-8-11-20(26)12-9-18/h4-13,17,30H,16H2,1-3H3/p+1. The van der Waals surface area contributed by atoms with Crippen LogP contribution in [-0.4, -0.2) is 33.4 Å². The summed E-state index contributed by atoms with van der Waals surface area (Å²) in [5.74, 6) is 2.88. The van der Waals surface area contributed by atoms with Gasteiger partial charge >= 0.3 is 19.2 Å². The molecule has 0 bridgehead atoms. The van der Waals surface area contributed by atoms with Gasteiger partial charge in [0, 0.05) is 10.9 Å². The molecule has 170 valence electrons. The Labute approximate surface area is 192 Å². The molecule has 6 nitrogen and oxygen atoms in total. The number of rotatable bonds is 7. The summed E-state index contributed by atoms with van der Waals surface area (Å²) < 4.78 is 31.5. The topological polar surface area (TPSA) is 96.7 Å². The summed E-state index contributed by atoms with van der Waals surface area (Å²) in [6.45, 7) is 3.60. The van der Waals surface area contributed by atoms with Gasteiger partial charge in [-0.1, -0.05) is 44.0 Å². The number of carboxylic acid groups (broad SMARTS) is 1. The Morgan fingerprint density at radius 1 is 1.15 bits per heavy atom. The number of aromatic nitrogens is 1. The molecule has 1 aromatic heterocycles. The molecule has 0 aliphatic carbocycles. The number of hydrogen-bond donors (Lipinski definition) is 2. The Balaban J connectivity index is 2.33. The monoisotopic (exact) mass is 468 g/mol. The predicted octanol–water partition coefficient (Wildman–Crippen LogP) is 4.87. The Morgan fingerprint density at radius 2 is 1.82 bits per heavy atom. The van der Waals surface area contributed by atoms with Gasteiger partial charge in [-0.2, -0.15) is 0 Å². The molecule has 1 heterocycles. The number of pyridine rings is 1. The molecule has 0 aliphatic rings. The van der Waals surface area contributed by atoms with Crippen molar-refractivity contribution in [3.63, 3.8) is 0 Å². The van der Waals surface area contributed by atoms with Crippen LogP contribution in [-0.2, 0) is 19.5 Å². The normalized spacial score (nSPS) is 15.3. The molecule has 33 heavy (non-hydrogen) atoms. The van der Waals surface area contributed by atoms with E-state index >= 15 is 0 Å². The maximum atomic E-state index is 13.3. The third-order valence-corrected chi connectivity index (χ3v) is 6.86. The largest absolute Gasteiger partial charge is 0.543 e. The van der Waals surface area contributed by atoms with Crippen molar-refractivity contribution in [1.29, 1.82) is 0 Å². The van der Waals surface area contributed by atoms with Gasteiger partial charge in [0.05, 0.1) is 18.3 Å². The van der Waals surface area contributed by atoms with E-state index in [-0.39, 0.29) is 18.0 Å². The minimum absolute atomic E-state index is 0.0195. The van der Waals surface area contributed by atoms with Crippen molar-refractivity contribution >= 4 is 24.9 Å². The minimum atomic E-state index is -3.04. The lowest BCUT2D eigenvalue weighted by Gasteiger charge is -2.34. The average molecular weight is 468 g/mol. The van der Waals surface area contributed by atoms with Crippen molar-refractivity contribution in [2.45, 2.75) is 31.0 Å². The number of halogens is 1. The summed E-state index contributed by atoms with van der Waals surface area (Å²) in [6, 6.07) is 15.5. The van der Waals surface area contributed by atoms with Gasteiger partial charge < -0.3 is 10.2 Å². The Kier molecular flexibility index (Phi) is 7.24. The molecular weight excluding hydrogens is 444 g/mol. The molecule has 2 aromatic carbocycles. The van der Waals surface area contributed by atoms with Crippen molar-refractivity contribution in [2.75, 3.05) is 7.11 Å². The molecule has 3 aromatic rings. The molecule has 3 atom stereocenters. The lowest BCUT2D eigenvalue weighted by atomic mass is 9.77. The maximum absolute atomic E-state index is 13.3. The smallest absolute Gasteiger partial charge is 0.477 e. The zero-order valence-corrected chi connectivity index (χ0v) is 19.3. The van der Waals surface area contributed by atoms with E-state index in [1.807, 2.05) is 12.1 Å². The second-order valence-electron chi connectivity index (χ2n) is 8.06. The van der Waals surface area contributed by atoms with Crippen LogP contribution in [0.5, 0.6) is 0 Å². The van der Waals surface area contributed by atoms with E-state index in [9.17, 15) is 24.0 Å². The highest BCUT2D eigenvalue weighted by Crippen LogP contribution is 2.53. The fraction of sp³-hybridized carbons (Fsp3) is 0.280. The third kappa shape index (κ3) is 4.65. The summed E-state index contributed by atoms with van der Waals surface area (Å²) in [6.07, 6.45) is -0.104. The van der Waals surface area contributed by atoms with Crippen molar-refractivity contribution in [3.05, 3.63) is 77.7 Å². The Bertz CT molecular complexity index is 1250. The molecule has 0 saturated carbocycles. The summed E-state index contributed by atoms with van der Waals surface area (Å²) in [7, 11) is -1.94. The quantitative estimate of drug-likeness (QED) is 0.379. The SMILES string of the molecule is CO[P+](=O)C(C#Cc1ccc(F)cc1)(C(=O)O)C(O)(CC(C)C)c1ccc2ccccc2n1. The molecule has 3 unspecified atom stereocenters. The molecular formula is C25H24FNO5P+. The predicted molar refractivity (Wildman–Crippen MR) is 123 cm³/mol. The van der Waals surface area contributed by atoms with E-state index in [1.165, 1.54) is 30.3 Å². The van der Waals surface area contributed by atoms with Crippen LogP contribution in [0.2, 0.25) is 0 Å². The number of para-hydroxylation sites is 1. The number of benzene rings is 2. The number of aliphatic carboxylic acids is 1. The lowest BCUT2D eigenvalue weighted by molar-refractivity contribution is -0.147. The minimum Gasteiger partial charge on any atom is -0.477 e. The molecule has 2 N–H and O–H groups in total. The van der Waals surface area contributed by atoms with E-state index < -0.39 is 30.6 Å². The number of carbonyl (C=O) groups is 1. The van der Waals surface area contributed by atoms with Crippen LogP contribution in [0.25, 0.3) is 10.9 Å². The van der Waals surface area contributed by atoms with Crippen LogP contribution < -0.4 is 0 Å². The van der Waals surface area contributed by atoms with Gasteiger partial charge in [-0.25, -0.2) is 14.2 Å². The molecule has 0 radical (unpaired) electrons. The van der Waals surface area contributed by atoms with Crippen LogP contribution >= 0.6 is 8.03 Å². The van der Waals surface area contributed by atoms with Crippen LogP contribution in [0.15, 0.2) is 60.7 Å². The van der Waals surface area contributed by atoms with Gasteiger partial charge in [0.15, 0.2) is 5.60 Å². The van der Waals surface area contributed by atoms with E-state index in [0.717, 1.165) is 12.5 Å². The summed E-state index contributed by atoms with van der Waals surface area (Å²) in [5, 5.41) is 20.6. The first-order valence-corrected chi connectivity index (χ1v) is 11.4. The first-order chi connectivity index (χ1) is 15.6. The lowest BCUT2D eigenvalue weighted by Crippen LogP contribution is -2.55. The third-order valence-electron chi connectivity index (χ3n) is 5.31. The number of carboxylic acids is 1. The van der Waals surface area contributed by atoms with Crippen LogP contribution in [0.1, 0.15) is 31.5 Å². The molecule has 8 heteroatoms. The van der Waals surface area contributed by atoms with Crippen molar-refractivity contribution in [2.24, 2.45) is 5.92 Å². The van der Waals surface area contributed by atoms with Gasteiger partial charge in [-0.05, 0) is 59.2 Å².